The molecule has 2 N–H and O–H groups in total. The fourth-order valence-corrected chi connectivity index (χ4v) is 4.75. The molecule has 2 atom stereocenters. The zero-order valence-electron chi connectivity index (χ0n) is 17.1. The van der Waals surface area contributed by atoms with Crippen LogP contribution < -0.4 is 10.6 Å². The quantitative estimate of drug-likeness (QED) is 0.567. The van der Waals surface area contributed by atoms with Crippen molar-refractivity contribution in [3.8, 4) is 0 Å². The number of hydrogen-bond donors (Lipinski definition) is 2. The van der Waals surface area contributed by atoms with Gasteiger partial charge in [-0.05, 0) is 50.2 Å². The topological polar surface area (TPSA) is 105 Å². The number of urea groups is 1. The molecule has 8 heteroatoms. The lowest BCUT2D eigenvalue weighted by molar-refractivity contribution is -0.157. The van der Waals surface area contributed by atoms with Crippen LogP contribution in [0.5, 0.6) is 0 Å². The second-order valence-corrected chi connectivity index (χ2v) is 8.39. The van der Waals surface area contributed by atoms with Crippen molar-refractivity contribution in [3.05, 3.63) is 35.4 Å². The maximum atomic E-state index is 12.6. The summed E-state index contributed by atoms with van der Waals surface area (Å²) in [5.74, 6) is -1.55. The minimum Gasteiger partial charge on any atom is -0.451 e. The first-order chi connectivity index (χ1) is 14.4. The van der Waals surface area contributed by atoms with Crippen molar-refractivity contribution in [1.29, 1.82) is 0 Å². The fourth-order valence-electron chi connectivity index (χ4n) is 4.75. The van der Waals surface area contributed by atoms with Crippen LogP contribution in [0.4, 0.5) is 4.79 Å². The van der Waals surface area contributed by atoms with Crippen molar-refractivity contribution in [1.82, 2.24) is 15.5 Å². The van der Waals surface area contributed by atoms with E-state index < -0.39 is 36.1 Å². The first-order valence-electron chi connectivity index (χ1n) is 10.6. The van der Waals surface area contributed by atoms with E-state index in [9.17, 15) is 19.2 Å². The van der Waals surface area contributed by atoms with Crippen LogP contribution in [0, 0.1) is 0 Å². The minimum absolute atomic E-state index is 0.114. The Morgan fingerprint density at radius 2 is 1.97 bits per heavy atom. The highest BCUT2D eigenvalue weighted by atomic mass is 16.5. The minimum atomic E-state index is -1.02. The highest BCUT2D eigenvalue weighted by molar-refractivity contribution is 6.08. The van der Waals surface area contributed by atoms with Crippen molar-refractivity contribution >= 4 is 23.8 Å². The average molecular weight is 413 g/mol. The Balaban J connectivity index is 1.32. The van der Waals surface area contributed by atoms with Crippen molar-refractivity contribution in [2.24, 2.45) is 0 Å². The van der Waals surface area contributed by atoms with Crippen molar-refractivity contribution in [3.63, 3.8) is 0 Å². The normalized spacial score (nSPS) is 23.1. The largest absolute Gasteiger partial charge is 0.451 e. The third-order valence-corrected chi connectivity index (χ3v) is 6.35. The third kappa shape index (κ3) is 3.78. The summed E-state index contributed by atoms with van der Waals surface area (Å²) in [5, 5.41) is 5.68. The highest BCUT2D eigenvalue weighted by Gasteiger charge is 2.52. The first kappa shape index (κ1) is 20.4. The SMILES string of the molecule is C[C@H](OC(=O)CN1C(=O)NC2(CCCC2)C1=O)C(=O)N[C@H]1CCCc2ccccc21. The van der Waals surface area contributed by atoms with Crippen LogP contribution in [-0.2, 0) is 25.5 Å². The number of carbonyl (C=O) groups excluding carboxylic acids is 4. The molecule has 1 aromatic carbocycles. The summed E-state index contributed by atoms with van der Waals surface area (Å²) in [6.45, 7) is 1.00. The van der Waals surface area contributed by atoms with Gasteiger partial charge in [-0.1, -0.05) is 37.1 Å². The van der Waals surface area contributed by atoms with Crippen molar-refractivity contribution < 1.29 is 23.9 Å². The number of nitrogens with zero attached hydrogens (tertiary/aromatic N) is 1. The maximum Gasteiger partial charge on any atom is 0.327 e. The number of nitrogens with one attached hydrogen (secondary N) is 2. The molecular formula is C22H27N3O5. The number of ether oxygens (including phenoxy) is 1. The van der Waals surface area contributed by atoms with E-state index in [2.05, 4.69) is 16.7 Å². The molecule has 1 aromatic rings. The van der Waals surface area contributed by atoms with E-state index >= 15 is 0 Å². The van der Waals surface area contributed by atoms with Gasteiger partial charge in [0.15, 0.2) is 6.10 Å². The molecule has 2 aliphatic carbocycles. The number of imide groups is 1. The monoisotopic (exact) mass is 413 g/mol. The second-order valence-electron chi connectivity index (χ2n) is 8.39. The Hall–Kier alpha value is -2.90. The van der Waals surface area contributed by atoms with Gasteiger partial charge in [-0.2, -0.15) is 0 Å². The summed E-state index contributed by atoms with van der Waals surface area (Å²) in [7, 11) is 0. The molecule has 0 radical (unpaired) electrons. The Morgan fingerprint density at radius 1 is 1.23 bits per heavy atom. The Morgan fingerprint density at radius 3 is 2.73 bits per heavy atom. The van der Waals surface area contributed by atoms with Crippen molar-refractivity contribution in [2.45, 2.75) is 69.6 Å². The third-order valence-electron chi connectivity index (χ3n) is 6.35. The van der Waals surface area contributed by atoms with Gasteiger partial charge in [-0.25, -0.2) is 4.79 Å². The Bertz CT molecular complexity index is 877. The number of benzene rings is 1. The summed E-state index contributed by atoms with van der Waals surface area (Å²) < 4.78 is 5.23. The molecular weight excluding hydrogens is 386 g/mol. The van der Waals surface area contributed by atoms with Gasteiger partial charge in [0.1, 0.15) is 12.1 Å². The van der Waals surface area contributed by atoms with Gasteiger partial charge in [-0.3, -0.25) is 19.3 Å². The smallest absolute Gasteiger partial charge is 0.327 e. The van der Waals surface area contributed by atoms with Gasteiger partial charge in [0.2, 0.25) is 0 Å². The van der Waals surface area contributed by atoms with Crippen LogP contribution in [0.25, 0.3) is 0 Å². The summed E-state index contributed by atoms with van der Waals surface area (Å²) >= 11 is 0. The molecule has 30 heavy (non-hydrogen) atoms. The highest BCUT2D eigenvalue weighted by Crippen LogP contribution is 2.35. The number of rotatable bonds is 5. The Labute approximate surface area is 175 Å². The summed E-state index contributed by atoms with van der Waals surface area (Å²) in [6.07, 6.45) is 4.68. The number of esters is 1. The van der Waals surface area contributed by atoms with Gasteiger partial charge in [0.25, 0.3) is 11.8 Å². The molecule has 1 saturated carbocycles. The molecule has 4 amide bonds. The van der Waals surface area contributed by atoms with Gasteiger partial charge in [0, 0.05) is 0 Å². The molecule has 2 fully saturated rings. The van der Waals surface area contributed by atoms with Crippen molar-refractivity contribution in [2.75, 3.05) is 6.54 Å². The van der Waals surface area contributed by atoms with Crippen LogP contribution in [0.1, 0.15) is 62.6 Å². The Kier molecular flexibility index (Phi) is 5.49. The molecule has 0 unspecified atom stereocenters. The zero-order valence-corrected chi connectivity index (χ0v) is 17.1. The molecule has 160 valence electrons. The second kappa shape index (κ2) is 8.08. The van der Waals surface area contributed by atoms with E-state index in [0.717, 1.165) is 42.6 Å². The predicted octanol–water partition coefficient (Wildman–Crippen LogP) is 1.98. The van der Waals surface area contributed by atoms with Gasteiger partial charge >= 0.3 is 12.0 Å². The molecule has 1 aliphatic heterocycles. The van der Waals surface area contributed by atoms with Gasteiger partial charge < -0.3 is 15.4 Å². The van der Waals surface area contributed by atoms with E-state index in [1.807, 2.05) is 18.2 Å². The van der Waals surface area contributed by atoms with E-state index in [1.165, 1.54) is 12.5 Å². The zero-order chi connectivity index (χ0) is 21.3. The van der Waals surface area contributed by atoms with E-state index in [4.69, 9.17) is 4.74 Å². The molecule has 1 saturated heterocycles. The van der Waals surface area contributed by atoms with Gasteiger partial charge in [0.05, 0.1) is 6.04 Å². The average Bonchev–Trinajstić information content (AvgIpc) is 3.29. The van der Waals surface area contributed by atoms with Crippen LogP contribution >= 0.6 is 0 Å². The molecule has 3 aliphatic rings. The lowest BCUT2D eigenvalue weighted by Crippen LogP contribution is -2.45. The van der Waals surface area contributed by atoms with Crippen LogP contribution in [0.3, 0.4) is 0 Å². The van der Waals surface area contributed by atoms with Gasteiger partial charge in [-0.15, -0.1) is 0 Å². The predicted molar refractivity (Wildman–Crippen MR) is 107 cm³/mol. The molecule has 0 bridgehead atoms. The molecule has 4 rings (SSSR count). The number of fused-ring (bicyclic) bond motifs is 1. The number of amides is 4. The van der Waals surface area contributed by atoms with Crippen LogP contribution in [-0.4, -0.2) is 46.9 Å². The van der Waals surface area contributed by atoms with E-state index in [1.54, 1.807) is 0 Å². The summed E-state index contributed by atoms with van der Waals surface area (Å²) in [4.78, 5) is 50.6. The summed E-state index contributed by atoms with van der Waals surface area (Å²) in [5.41, 5.74) is 1.45. The first-order valence-corrected chi connectivity index (χ1v) is 10.6. The molecule has 1 spiro atoms. The molecule has 0 aromatic heterocycles. The molecule has 1 heterocycles. The maximum absolute atomic E-state index is 12.6. The van der Waals surface area contributed by atoms with Crippen LogP contribution in [0.15, 0.2) is 24.3 Å². The fraction of sp³-hybridized carbons (Fsp3) is 0.545. The standard InChI is InChI=1S/C22H27N3O5/c1-14(19(27)23-17-10-6-8-15-7-2-3-9-16(15)17)30-18(26)13-25-20(28)22(24-21(25)29)11-4-5-12-22/h2-3,7,9,14,17H,4-6,8,10-13H2,1H3,(H,23,27)(H,24,29)/t14-,17-/m0/s1. The number of hydrogen-bond acceptors (Lipinski definition) is 5. The molecule has 8 nitrogen and oxygen atoms in total. The number of carbonyl (C=O) groups is 4. The lowest BCUT2D eigenvalue weighted by Gasteiger charge is -2.27. The van der Waals surface area contributed by atoms with Crippen LogP contribution in [0.2, 0.25) is 0 Å². The number of aryl methyl sites for hydroxylation is 1. The van der Waals surface area contributed by atoms with E-state index in [0.29, 0.717) is 12.8 Å². The van der Waals surface area contributed by atoms with E-state index in [-0.39, 0.29) is 11.9 Å². The lowest BCUT2D eigenvalue weighted by atomic mass is 9.87. The summed E-state index contributed by atoms with van der Waals surface area (Å²) in [6, 6.07) is 7.31.